The summed E-state index contributed by atoms with van der Waals surface area (Å²) in [7, 11) is 2.19. The highest BCUT2D eigenvalue weighted by Crippen LogP contribution is 2.36. The molecule has 0 saturated carbocycles. The molecule has 2 saturated heterocycles. The number of imidazole rings is 1. The normalized spacial score (nSPS) is 18.8. The maximum atomic E-state index is 5.96. The van der Waals surface area contributed by atoms with Crippen molar-refractivity contribution in [2.45, 2.75) is 58.5 Å². The van der Waals surface area contributed by atoms with Crippen molar-refractivity contribution in [1.29, 1.82) is 0 Å². The number of aliphatic imine (C=N–C) groups is 2. The molecule has 0 amide bonds. The molecule has 0 bridgehead atoms. The van der Waals surface area contributed by atoms with Crippen LogP contribution in [0.4, 0.5) is 5.69 Å². The molecule has 0 aliphatic carbocycles. The lowest BCUT2D eigenvalue weighted by molar-refractivity contribution is 0.277. The third-order valence-electron chi connectivity index (χ3n) is 6.43. The Bertz CT molecular complexity index is 999. The van der Waals surface area contributed by atoms with E-state index >= 15 is 0 Å². The second-order valence-electron chi connectivity index (χ2n) is 9.55. The van der Waals surface area contributed by atoms with Crippen LogP contribution in [0.2, 0.25) is 0 Å². The fourth-order valence-corrected chi connectivity index (χ4v) is 4.69. The predicted molar refractivity (Wildman–Crippen MR) is 140 cm³/mol. The van der Waals surface area contributed by atoms with Gasteiger partial charge in [0.1, 0.15) is 23.9 Å². The van der Waals surface area contributed by atoms with Gasteiger partial charge in [0, 0.05) is 31.0 Å². The lowest BCUT2D eigenvalue weighted by Crippen LogP contribution is -2.24. The number of hydrogen-bond donors (Lipinski definition) is 1. The Morgan fingerprint density at radius 2 is 1.79 bits per heavy atom. The van der Waals surface area contributed by atoms with Gasteiger partial charge in [0.05, 0.1) is 18.4 Å². The van der Waals surface area contributed by atoms with Gasteiger partial charge < -0.3 is 24.8 Å². The molecular weight excluding hydrogens is 426 g/mol. The van der Waals surface area contributed by atoms with Crippen molar-refractivity contribution >= 4 is 17.9 Å². The molecular formula is C26H39N7O. The molecule has 8 heteroatoms. The number of amidine groups is 1. The van der Waals surface area contributed by atoms with E-state index in [2.05, 4.69) is 49.6 Å². The fraction of sp³-hybridized carbons (Fsp3) is 0.577. The zero-order valence-corrected chi connectivity index (χ0v) is 20.9. The van der Waals surface area contributed by atoms with Gasteiger partial charge in [-0.15, -0.1) is 0 Å². The van der Waals surface area contributed by atoms with Crippen LogP contribution >= 0.6 is 0 Å². The first-order valence-electron chi connectivity index (χ1n) is 12.7. The number of nitrogens with two attached hydrogens (primary N) is 1. The van der Waals surface area contributed by atoms with Crippen molar-refractivity contribution in [3.05, 3.63) is 30.1 Å². The fourth-order valence-electron chi connectivity index (χ4n) is 4.69. The highest BCUT2D eigenvalue weighted by Gasteiger charge is 2.22. The molecule has 3 aliphatic heterocycles. The molecule has 1 aromatic carbocycles. The molecule has 2 N–H and O–H groups in total. The lowest BCUT2D eigenvalue weighted by atomic mass is 10.1. The molecule has 2 fully saturated rings. The number of likely N-dealkylation sites (tertiary alicyclic amines) is 1. The summed E-state index contributed by atoms with van der Waals surface area (Å²) < 4.78 is 8.08. The largest absolute Gasteiger partial charge is 0.491 e. The number of benzene rings is 1. The van der Waals surface area contributed by atoms with Gasteiger partial charge in [-0.1, -0.05) is 6.42 Å². The van der Waals surface area contributed by atoms with Crippen LogP contribution in [0.5, 0.6) is 5.75 Å². The number of rotatable bonds is 3. The van der Waals surface area contributed by atoms with Gasteiger partial charge in [-0.2, -0.15) is 0 Å². The smallest absolute Gasteiger partial charge is 0.176 e. The number of piperidine rings is 1. The maximum Gasteiger partial charge on any atom is 0.176 e. The number of hydrogen-bond acceptors (Lipinski definition) is 5. The van der Waals surface area contributed by atoms with E-state index in [-0.39, 0.29) is 6.04 Å². The highest BCUT2D eigenvalue weighted by molar-refractivity contribution is 6.01. The minimum Gasteiger partial charge on any atom is -0.491 e. The number of aromatic nitrogens is 2. The first kappa shape index (κ1) is 24.3. The van der Waals surface area contributed by atoms with E-state index in [1.807, 2.05) is 20.0 Å². The van der Waals surface area contributed by atoms with Gasteiger partial charge in [0.15, 0.2) is 5.84 Å². The second kappa shape index (κ2) is 11.5. The first-order valence-corrected chi connectivity index (χ1v) is 12.7. The summed E-state index contributed by atoms with van der Waals surface area (Å²) in [6.07, 6.45) is 10.0. The molecule has 2 aromatic rings. The minimum absolute atomic E-state index is 0.114. The molecule has 0 radical (unpaired) electrons. The summed E-state index contributed by atoms with van der Waals surface area (Å²) in [6, 6.07) is 6.52. The molecule has 3 aliphatic rings. The Morgan fingerprint density at radius 1 is 1.06 bits per heavy atom. The lowest BCUT2D eigenvalue weighted by Gasteiger charge is -2.20. The summed E-state index contributed by atoms with van der Waals surface area (Å²) in [6.45, 7) is 10.2. The Labute approximate surface area is 203 Å². The van der Waals surface area contributed by atoms with Gasteiger partial charge in [-0.05, 0) is 77.9 Å². The Morgan fingerprint density at radius 3 is 2.44 bits per heavy atom. The van der Waals surface area contributed by atoms with E-state index in [9.17, 15) is 0 Å². The Hall–Kier alpha value is -2.87. The monoisotopic (exact) mass is 465 g/mol. The van der Waals surface area contributed by atoms with Gasteiger partial charge >= 0.3 is 0 Å². The van der Waals surface area contributed by atoms with E-state index < -0.39 is 0 Å². The highest BCUT2D eigenvalue weighted by atomic mass is 16.5. The van der Waals surface area contributed by atoms with Crippen molar-refractivity contribution in [3.63, 3.8) is 0 Å². The molecule has 8 nitrogen and oxygen atoms in total. The van der Waals surface area contributed by atoms with Gasteiger partial charge in [0.25, 0.3) is 0 Å². The van der Waals surface area contributed by atoms with Crippen LogP contribution in [0.3, 0.4) is 0 Å². The van der Waals surface area contributed by atoms with Gasteiger partial charge in [-0.25, -0.2) is 9.98 Å². The summed E-state index contributed by atoms with van der Waals surface area (Å²) in [5.41, 5.74) is 8.50. The second-order valence-corrected chi connectivity index (χ2v) is 9.55. The van der Waals surface area contributed by atoms with Crippen molar-refractivity contribution in [2.75, 3.05) is 44.7 Å². The molecule has 1 aromatic heterocycles. The van der Waals surface area contributed by atoms with E-state index in [0.29, 0.717) is 12.4 Å². The minimum atomic E-state index is 0.114. The van der Waals surface area contributed by atoms with E-state index in [0.717, 1.165) is 42.5 Å². The molecule has 4 heterocycles. The summed E-state index contributed by atoms with van der Waals surface area (Å²) in [5, 5.41) is 0. The molecule has 34 heavy (non-hydrogen) atoms. The average Bonchev–Trinajstić information content (AvgIpc) is 3.48. The maximum absolute atomic E-state index is 5.96. The van der Waals surface area contributed by atoms with E-state index in [4.69, 9.17) is 15.5 Å². The summed E-state index contributed by atoms with van der Waals surface area (Å²) >= 11 is 0. The molecule has 0 spiro atoms. The van der Waals surface area contributed by atoms with Crippen LogP contribution in [0.1, 0.15) is 51.6 Å². The van der Waals surface area contributed by atoms with Crippen LogP contribution in [-0.2, 0) is 6.54 Å². The predicted octanol–water partition coefficient (Wildman–Crippen LogP) is 3.79. The SMILES string of the molecule is CC(C)N=C(N=CN)c1cn2c(n1)-c1cc(N3CCCC3)ccc1OCC2.CN1CCCCC1. The summed E-state index contributed by atoms with van der Waals surface area (Å²) in [5.74, 6) is 2.33. The third kappa shape index (κ3) is 5.97. The number of nitrogens with zero attached hydrogens (tertiary/aromatic N) is 6. The molecule has 0 atom stereocenters. The Balaban J connectivity index is 0.000000336. The van der Waals surface area contributed by atoms with Crippen molar-refractivity contribution < 1.29 is 4.74 Å². The van der Waals surface area contributed by atoms with Crippen molar-refractivity contribution in [1.82, 2.24) is 14.5 Å². The first-order chi connectivity index (χ1) is 16.5. The van der Waals surface area contributed by atoms with E-state index in [1.165, 1.54) is 57.2 Å². The standard InChI is InChI=1S/C20H26N6O.C6H13N/c1-14(2)23-19(22-13-21)17-12-26-9-10-27-18-6-5-15(25-7-3-4-8-25)11-16(18)20(26)24-17;1-7-5-3-2-4-6-7/h5-6,11-14H,3-4,7-10H2,1-2H3,(H2,21,22,23);2-6H2,1H3. The zero-order chi connectivity index (χ0) is 23.9. The Kier molecular flexibility index (Phi) is 8.21. The van der Waals surface area contributed by atoms with Crippen molar-refractivity contribution in [2.24, 2.45) is 15.7 Å². The van der Waals surface area contributed by atoms with Crippen LogP contribution in [0, 0.1) is 0 Å². The quantitative estimate of drug-likeness (QED) is 0.551. The average molecular weight is 466 g/mol. The van der Waals surface area contributed by atoms with Crippen LogP contribution in [-0.4, -0.2) is 72.5 Å². The van der Waals surface area contributed by atoms with Crippen molar-refractivity contribution in [3.8, 4) is 17.1 Å². The van der Waals surface area contributed by atoms with E-state index in [1.54, 1.807) is 0 Å². The van der Waals surface area contributed by atoms with Gasteiger partial charge in [-0.3, -0.25) is 4.99 Å². The number of fused-ring (bicyclic) bond motifs is 3. The van der Waals surface area contributed by atoms with Gasteiger partial charge in [0.2, 0.25) is 0 Å². The molecule has 184 valence electrons. The zero-order valence-electron chi connectivity index (χ0n) is 20.9. The number of anilines is 1. The molecule has 0 unspecified atom stereocenters. The van der Waals surface area contributed by atoms with Crippen LogP contribution in [0.25, 0.3) is 11.4 Å². The topological polar surface area (TPSA) is 84.3 Å². The van der Waals surface area contributed by atoms with Crippen LogP contribution in [0.15, 0.2) is 34.4 Å². The number of ether oxygens (including phenoxy) is 1. The molecule has 5 rings (SSSR count). The van der Waals surface area contributed by atoms with Crippen LogP contribution < -0.4 is 15.4 Å². The summed E-state index contributed by atoms with van der Waals surface area (Å²) in [4.78, 5) is 18.5. The third-order valence-corrected chi connectivity index (χ3v) is 6.43.